The number of rotatable bonds is 2. The molecule has 0 saturated heterocycles. The molecule has 2 rings (SSSR count). The van der Waals surface area contributed by atoms with Gasteiger partial charge in [0.25, 0.3) is 0 Å². The zero-order valence-corrected chi connectivity index (χ0v) is 10.0. The van der Waals surface area contributed by atoms with Gasteiger partial charge in [0.2, 0.25) is 0 Å². The molecule has 0 amide bonds. The van der Waals surface area contributed by atoms with E-state index >= 15 is 0 Å². The van der Waals surface area contributed by atoms with E-state index in [1.807, 2.05) is 0 Å². The van der Waals surface area contributed by atoms with E-state index in [0.717, 1.165) is 10.4 Å². The van der Waals surface area contributed by atoms with Crippen molar-refractivity contribution in [2.45, 2.75) is 32.2 Å². The van der Waals surface area contributed by atoms with Crippen molar-refractivity contribution in [3.8, 4) is 0 Å². The summed E-state index contributed by atoms with van der Waals surface area (Å²) in [6.07, 6.45) is 4.06. The summed E-state index contributed by atoms with van der Waals surface area (Å²) >= 11 is 3.44. The van der Waals surface area contributed by atoms with Gasteiger partial charge in [0, 0.05) is 16.2 Å². The molecule has 2 unspecified atom stereocenters. The van der Waals surface area contributed by atoms with Crippen LogP contribution in [0.15, 0.2) is 28.7 Å². The van der Waals surface area contributed by atoms with E-state index in [9.17, 15) is 0 Å². The van der Waals surface area contributed by atoms with E-state index in [2.05, 4.69) is 52.4 Å². The number of hydrogen-bond acceptors (Lipinski definition) is 1. The molecule has 1 N–H and O–H groups in total. The first-order valence-corrected chi connectivity index (χ1v) is 6.07. The van der Waals surface area contributed by atoms with E-state index < -0.39 is 0 Å². The molecule has 1 aromatic carbocycles. The largest absolute Gasteiger partial charge is 0.382 e. The van der Waals surface area contributed by atoms with Gasteiger partial charge < -0.3 is 5.32 Å². The molecule has 0 spiro atoms. The van der Waals surface area contributed by atoms with E-state index in [0.29, 0.717) is 6.04 Å². The predicted octanol–water partition coefficient (Wildman–Crippen LogP) is 4.05. The van der Waals surface area contributed by atoms with Gasteiger partial charge in [-0.15, -0.1) is 0 Å². The molecule has 0 aliphatic heterocycles. The van der Waals surface area contributed by atoms with Gasteiger partial charge in [0.05, 0.1) is 0 Å². The maximum atomic E-state index is 3.60. The summed E-state index contributed by atoms with van der Waals surface area (Å²) in [5, 5.41) is 3.60. The Labute approximate surface area is 94.0 Å². The minimum atomic E-state index is 0.677. The number of benzene rings is 1. The lowest BCUT2D eigenvalue weighted by molar-refractivity contribution is 0.556. The lowest BCUT2D eigenvalue weighted by atomic mass is 10.1. The monoisotopic (exact) mass is 253 g/mol. The molecule has 2 atom stereocenters. The Kier molecular flexibility index (Phi) is 3.12. The third-order valence-corrected chi connectivity index (χ3v) is 3.59. The molecule has 0 heterocycles. The number of anilines is 1. The van der Waals surface area contributed by atoms with Crippen molar-refractivity contribution in [2.75, 3.05) is 5.32 Å². The van der Waals surface area contributed by atoms with Crippen LogP contribution in [-0.4, -0.2) is 6.04 Å². The summed E-state index contributed by atoms with van der Waals surface area (Å²) in [6, 6.07) is 9.12. The number of hydrogen-bond donors (Lipinski definition) is 1. The van der Waals surface area contributed by atoms with Crippen LogP contribution in [0, 0.1) is 5.92 Å². The van der Waals surface area contributed by atoms with Crippen molar-refractivity contribution in [3.63, 3.8) is 0 Å². The Morgan fingerprint density at radius 1 is 1.21 bits per heavy atom. The maximum Gasteiger partial charge on any atom is 0.0343 e. The van der Waals surface area contributed by atoms with Gasteiger partial charge in [-0.05, 0) is 43.0 Å². The highest BCUT2D eigenvalue weighted by Crippen LogP contribution is 2.28. The lowest BCUT2D eigenvalue weighted by Crippen LogP contribution is -2.21. The minimum Gasteiger partial charge on any atom is -0.382 e. The molecule has 1 aliphatic carbocycles. The molecule has 76 valence electrons. The summed E-state index contributed by atoms with van der Waals surface area (Å²) in [6.45, 7) is 2.34. The van der Waals surface area contributed by atoms with Gasteiger partial charge in [-0.3, -0.25) is 0 Å². The van der Waals surface area contributed by atoms with Crippen LogP contribution in [0.1, 0.15) is 26.2 Å². The third-order valence-electron chi connectivity index (χ3n) is 3.06. The highest BCUT2D eigenvalue weighted by molar-refractivity contribution is 9.10. The van der Waals surface area contributed by atoms with Crippen LogP contribution in [0.4, 0.5) is 5.69 Å². The Bertz CT molecular complexity index is 294. The molecule has 1 saturated carbocycles. The summed E-state index contributed by atoms with van der Waals surface area (Å²) in [5.41, 5.74) is 1.24. The Balaban J connectivity index is 2.00. The van der Waals surface area contributed by atoms with Crippen LogP contribution in [0.5, 0.6) is 0 Å². The van der Waals surface area contributed by atoms with Gasteiger partial charge in [-0.25, -0.2) is 0 Å². The fraction of sp³-hybridized carbons (Fsp3) is 0.500. The average Bonchev–Trinajstić information content (AvgIpc) is 2.56. The van der Waals surface area contributed by atoms with Crippen LogP contribution in [-0.2, 0) is 0 Å². The highest BCUT2D eigenvalue weighted by atomic mass is 79.9. The quantitative estimate of drug-likeness (QED) is 0.839. The van der Waals surface area contributed by atoms with Crippen LogP contribution in [0.3, 0.4) is 0 Å². The number of halogens is 1. The number of nitrogens with one attached hydrogen (secondary N) is 1. The molecule has 0 bridgehead atoms. The van der Waals surface area contributed by atoms with Crippen molar-refractivity contribution in [1.82, 2.24) is 0 Å². The van der Waals surface area contributed by atoms with E-state index in [1.54, 1.807) is 0 Å². The van der Waals surface area contributed by atoms with Gasteiger partial charge in [0.15, 0.2) is 0 Å². The fourth-order valence-corrected chi connectivity index (χ4v) is 2.38. The zero-order valence-electron chi connectivity index (χ0n) is 8.46. The minimum absolute atomic E-state index is 0.677. The fourth-order valence-electron chi connectivity index (χ4n) is 2.12. The summed E-state index contributed by atoms with van der Waals surface area (Å²) in [5.74, 6) is 0.818. The van der Waals surface area contributed by atoms with Crippen LogP contribution in [0.25, 0.3) is 0 Å². The van der Waals surface area contributed by atoms with E-state index in [1.165, 1.54) is 24.9 Å². The van der Waals surface area contributed by atoms with Crippen LogP contribution >= 0.6 is 15.9 Å². The standard InChI is InChI=1S/C12H16BrN/c1-9-3-2-4-12(9)14-11-7-5-10(13)6-8-11/h5-9,12,14H,2-4H2,1H3. The maximum absolute atomic E-state index is 3.60. The smallest absolute Gasteiger partial charge is 0.0343 e. The molecular formula is C12H16BrN. The molecule has 1 aromatic rings. The van der Waals surface area contributed by atoms with Crippen molar-refractivity contribution in [2.24, 2.45) is 5.92 Å². The van der Waals surface area contributed by atoms with Crippen molar-refractivity contribution in [1.29, 1.82) is 0 Å². The second-order valence-corrected chi connectivity index (χ2v) is 5.08. The molecule has 0 radical (unpaired) electrons. The molecule has 2 heteroatoms. The summed E-state index contributed by atoms with van der Waals surface area (Å²) in [4.78, 5) is 0. The predicted molar refractivity (Wildman–Crippen MR) is 64.6 cm³/mol. The van der Waals surface area contributed by atoms with Crippen LogP contribution in [0.2, 0.25) is 0 Å². The van der Waals surface area contributed by atoms with Crippen LogP contribution < -0.4 is 5.32 Å². The second kappa shape index (κ2) is 4.35. The highest BCUT2D eigenvalue weighted by Gasteiger charge is 2.22. The normalized spacial score (nSPS) is 26.4. The molecule has 1 nitrogen and oxygen atoms in total. The van der Waals surface area contributed by atoms with Crippen molar-refractivity contribution in [3.05, 3.63) is 28.7 Å². The summed E-state index contributed by atoms with van der Waals surface area (Å²) in [7, 11) is 0. The molecule has 1 aliphatic rings. The van der Waals surface area contributed by atoms with Crippen molar-refractivity contribution < 1.29 is 0 Å². The first kappa shape index (κ1) is 10.0. The first-order chi connectivity index (χ1) is 6.75. The summed E-state index contributed by atoms with van der Waals surface area (Å²) < 4.78 is 1.14. The van der Waals surface area contributed by atoms with Gasteiger partial charge in [-0.2, -0.15) is 0 Å². The Hall–Kier alpha value is -0.500. The van der Waals surface area contributed by atoms with E-state index in [4.69, 9.17) is 0 Å². The SMILES string of the molecule is CC1CCCC1Nc1ccc(Br)cc1. The third kappa shape index (κ3) is 2.30. The molecule has 14 heavy (non-hydrogen) atoms. The van der Waals surface area contributed by atoms with Crippen molar-refractivity contribution >= 4 is 21.6 Å². The second-order valence-electron chi connectivity index (χ2n) is 4.17. The van der Waals surface area contributed by atoms with E-state index in [-0.39, 0.29) is 0 Å². The van der Waals surface area contributed by atoms with Gasteiger partial charge >= 0.3 is 0 Å². The topological polar surface area (TPSA) is 12.0 Å². The average molecular weight is 254 g/mol. The Morgan fingerprint density at radius 2 is 1.93 bits per heavy atom. The van der Waals surface area contributed by atoms with Gasteiger partial charge in [0.1, 0.15) is 0 Å². The molecular weight excluding hydrogens is 238 g/mol. The molecule has 1 fully saturated rings. The zero-order chi connectivity index (χ0) is 9.97. The lowest BCUT2D eigenvalue weighted by Gasteiger charge is -2.18. The molecule has 0 aromatic heterocycles. The Morgan fingerprint density at radius 3 is 2.50 bits per heavy atom. The first-order valence-electron chi connectivity index (χ1n) is 5.28. The van der Waals surface area contributed by atoms with Gasteiger partial charge in [-0.1, -0.05) is 29.3 Å².